The molecule has 15 heavy (non-hydrogen) atoms. The summed E-state index contributed by atoms with van der Waals surface area (Å²) in [6.45, 7) is 5.56. The average Bonchev–Trinajstić information content (AvgIpc) is 1.99. The van der Waals surface area contributed by atoms with Crippen LogP contribution in [-0.4, -0.2) is 16.6 Å². The molecule has 1 aromatic heterocycles. The van der Waals surface area contributed by atoms with Crippen LogP contribution < -0.4 is 0 Å². The molecule has 82 valence electrons. The maximum atomic E-state index is 11.5. The predicted molar refractivity (Wildman–Crippen MR) is 61.5 cm³/mol. The molecule has 0 saturated heterocycles. The highest BCUT2D eigenvalue weighted by Gasteiger charge is 2.16. The second-order valence-electron chi connectivity index (χ2n) is 4.25. The largest absolute Gasteiger partial charge is 0.460 e. The van der Waals surface area contributed by atoms with Crippen molar-refractivity contribution in [1.29, 1.82) is 0 Å². The second kappa shape index (κ2) is 4.75. The molecule has 1 rings (SSSR count). The summed E-state index contributed by atoms with van der Waals surface area (Å²) in [5.41, 5.74) is 0.465. The standard InChI is InChI=1S/C11H14BrNO2/c1-11(2,3)15-10(14)7-8-4-5-13-9(12)6-8/h4-6H,7H2,1-3H3. The topological polar surface area (TPSA) is 39.2 Å². The van der Waals surface area contributed by atoms with Gasteiger partial charge in [-0.15, -0.1) is 0 Å². The summed E-state index contributed by atoms with van der Waals surface area (Å²) in [5, 5.41) is 0. The van der Waals surface area contributed by atoms with Crippen molar-refractivity contribution in [3.05, 3.63) is 28.5 Å². The van der Waals surface area contributed by atoms with Gasteiger partial charge in [-0.2, -0.15) is 0 Å². The van der Waals surface area contributed by atoms with E-state index in [9.17, 15) is 4.79 Å². The third kappa shape index (κ3) is 4.93. The lowest BCUT2D eigenvalue weighted by Crippen LogP contribution is -2.24. The summed E-state index contributed by atoms with van der Waals surface area (Å²) in [6.07, 6.45) is 1.93. The predicted octanol–water partition coefficient (Wildman–Crippen LogP) is 2.73. The van der Waals surface area contributed by atoms with E-state index in [4.69, 9.17) is 4.74 Å². The molecule has 0 saturated carbocycles. The van der Waals surface area contributed by atoms with E-state index in [-0.39, 0.29) is 12.4 Å². The Morgan fingerprint density at radius 3 is 2.73 bits per heavy atom. The van der Waals surface area contributed by atoms with Crippen LogP contribution in [0.5, 0.6) is 0 Å². The maximum Gasteiger partial charge on any atom is 0.310 e. The van der Waals surface area contributed by atoms with Gasteiger partial charge in [-0.05, 0) is 54.4 Å². The molecule has 4 heteroatoms. The summed E-state index contributed by atoms with van der Waals surface area (Å²) >= 11 is 3.25. The van der Waals surface area contributed by atoms with Crippen molar-refractivity contribution in [2.24, 2.45) is 0 Å². The molecule has 0 radical (unpaired) electrons. The molecule has 0 atom stereocenters. The van der Waals surface area contributed by atoms with Gasteiger partial charge in [-0.3, -0.25) is 4.79 Å². The van der Waals surface area contributed by atoms with Crippen molar-refractivity contribution in [3.63, 3.8) is 0 Å². The smallest absolute Gasteiger partial charge is 0.310 e. The number of halogens is 1. The van der Waals surface area contributed by atoms with Crippen molar-refractivity contribution in [3.8, 4) is 0 Å². The Labute approximate surface area is 98.0 Å². The molecule has 1 heterocycles. The minimum Gasteiger partial charge on any atom is -0.460 e. The van der Waals surface area contributed by atoms with Crippen molar-refractivity contribution >= 4 is 21.9 Å². The van der Waals surface area contributed by atoms with Crippen LogP contribution >= 0.6 is 15.9 Å². The minimum atomic E-state index is -0.429. The first-order valence-electron chi connectivity index (χ1n) is 4.69. The van der Waals surface area contributed by atoms with E-state index >= 15 is 0 Å². The second-order valence-corrected chi connectivity index (χ2v) is 5.06. The van der Waals surface area contributed by atoms with Gasteiger partial charge in [0.15, 0.2) is 0 Å². The number of nitrogens with zero attached hydrogens (tertiary/aromatic N) is 1. The fourth-order valence-electron chi connectivity index (χ4n) is 1.10. The third-order valence-corrected chi connectivity index (χ3v) is 1.99. The van der Waals surface area contributed by atoms with E-state index in [1.165, 1.54) is 0 Å². The highest BCUT2D eigenvalue weighted by Crippen LogP contribution is 2.12. The zero-order valence-electron chi connectivity index (χ0n) is 9.08. The Balaban J connectivity index is 2.59. The number of hydrogen-bond acceptors (Lipinski definition) is 3. The fraction of sp³-hybridized carbons (Fsp3) is 0.455. The number of esters is 1. The lowest BCUT2D eigenvalue weighted by molar-refractivity contribution is -0.153. The van der Waals surface area contributed by atoms with E-state index in [1.807, 2.05) is 26.8 Å². The molecule has 1 aromatic rings. The Morgan fingerprint density at radius 1 is 1.53 bits per heavy atom. The van der Waals surface area contributed by atoms with Gasteiger partial charge < -0.3 is 4.74 Å². The van der Waals surface area contributed by atoms with Crippen LogP contribution in [0.2, 0.25) is 0 Å². The van der Waals surface area contributed by atoms with E-state index in [0.717, 1.165) is 10.2 Å². The van der Waals surface area contributed by atoms with Gasteiger partial charge in [0.05, 0.1) is 6.42 Å². The van der Waals surface area contributed by atoms with Crippen molar-refractivity contribution in [2.75, 3.05) is 0 Å². The zero-order chi connectivity index (χ0) is 11.5. The van der Waals surface area contributed by atoms with Gasteiger partial charge in [0.25, 0.3) is 0 Å². The number of carbonyl (C=O) groups excluding carboxylic acids is 1. The first kappa shape index (κ1) is 12.2. The molecule has 0 spiro atoms. The summed E-state index contributed by atoms with van der Waals surface area (Å²) in [5.74, 6) is -0.222. The lowest BCUT2D eigenvalue weighted by Gasteiger charge is -2.19. The van der Waals surface area contributed by atoms with Crippen LogP contribution in [0, 0.1) is 0 Å². The average molecular weight is 272 g/mol. The Morgan fingerprint density at radius 2 is 2.20 bits per heavy atom. The quantitative estimate of drug-likeness (QED) is 0.613. The Hall–Kier alpha value is -0.900. The monoisotopic (exact) mass is 271 g/mol. The van der Waals surface area contributed by atoms with E-state index in [2.05, 4.69) is 20.9 Å². The van der Waals surface area contributed by atoms with Gasteiger partial charge in [-0.25, -0.2) is 4.98 Å². The first-order valence-corrected chi connectivity index (χ1v) is 5.48. The number of carbonyl (C=O) groups is 1. The highest BCUT2D eigenvalue weighted by molar-refractivity contribution is 9.10. The van der Waals surface area contributed by atoms with Crippen LogP contribution in [-0.2, 0) is 16.0 Å². The maximum absolute atomic E-state index is 11.5. The van der Waals surface area contributed by atoms with E-state index in [1.54, 1.807) is 12.3 Å². The van der Waals surface area contributed by atoms with Gasteiger partial charge in [-0.1, -0.05) is 0 Å². The Bertz CT molecular complexity index is 358. The van der Waals surface area contributed by atoms with Gasteiger partial charge in [0, 0.05) is 6.20 Å². The molecule has 0 fully saturated rings. The molecular weight excluding hydrogens is 258 g/mol. The number of ether oxygens (including phenoxy) is 1. The molecular formula is C11H14BrNO2. The van der Waals surface area contributed by atoms with Crippen LogP contribution in [0.15, 0.2) is 22.9 Å². The summed E-state index contributed by atoms with van der Waals surface area (Å²) in [7, 11) is 0. The lowest BCUT2D eigenvalue weighted by atomic mass is 10.1. The van der Waals surface area contributed by atoms with E-state index in [0.29, 0.717) is 0 Å². The Kier molecular flexibility index (Phi) is 3.85. The number of aromatic nitrogens is 1. The summed E-state index contributed by atoms with van der Waals surface area (Å²) in [4.78, 5) is 15.5. The van der Waals surface area contributed by atoms with Crippen LogP contribution in [0.3, 0.4) is 0 Å². The molecule has 0 aromatic carbocycles. The molecule has 0 N–H and O–H groups in total. The van der Waals surface area contributed by atoms with Crippen LogP contribution in [0.25, 0.3) is 0 Å². The number of pyridine rings is 1. The summed E-state index contributed by atoms with van der Waals surface area (Å²) in [6, 6.07) is 3.61. The summed E-state index contributed by atoms with van der Waals surface area (Å²) < 4.78 is 5.93. The van der Waals surface area contributed by atoms with Crippen molar-refractivity contribution in [1.82, 2.24) is 4.98 Å². The molecule has 0 aliphatic heterocycles. The van der Waals surface area contributed by atoms with Gasteiger partial charge in [0.1, 0.15) is 10.2 Å². The number of hydrogen-bond donors (Lipinski definition) is 0. The van der Waals surface area contributed by atoms with Crippen molar-refractivity contribution < 1.29 is 9.53 Å². The molecule has 0 unspecified atom stereocenters. The van der Waals surface area contributed by atoms with Crippen molar-refractivity contribution in [2.45, 2.75) is 32.8 Å². The molecule has 0 amide bonds. The van der Waals surface area contributed by atoms with Gasteiger partial charge in [0.2, 0.25) is 0 Å². The molecule has 0 aliphatic carbocycles. The molecule has 3 nitrogen and oxygen atoms in total. The minimum absolute atomic E-state index is 0.222. The molecule has 0 bridgehead atoms. The third-order valence-electron chi connectivity index (χ3n) is 1.56. The normalized spacial score (nSPS) is 11.2. The van der Waals surface area contributed by atoms with E-state index < -0.39 is 5.60 Å². The number of rotatable bonds is 2. The SMILES string of the molecule is CC(C)(C)OC(=O)Cc1ccnc(Br)c1. The van der Waals surface area contributed by atoms with Gasteiger partial charge >= 0.3 is 5.97 Å². The fourth-order valence-corrected chi connectivity index (χ4v) is 1.51. The van der Waals surface area contributed by atoms with Crippen LogP contribution in [0.4, 0.5) is 0 Å². The first-order chi connectivity index (χ1) is 6.87. The van der Waals surface area contributed by atoms with Crippen LogP contribution in [0.1, 0.15) is 26.3 Å². The highest BCUT2D eigenvalue weighted by atomic mass is 79.9. The zero-order valence-corrected chi connectivity index (χ0v) is 10.7. The molecule has 0 aliphatic rings.